The van der Waals surface area contributed by atoms with Crippen LogP contribution in [0.3, 0.4) is 0 Å². The Labute approximate surface area is 121 Å². The van der Waals surface area contributed by atoms with Gasteiger partial charge in [-0.1, -0.05) is 6.07 Å². The summed E-state index contributed by atoms with van der Waals surface area (Å²) in [6.45, 7) is 0. The van der Waals surface area contributed by atoms with Crippen LogP contribution in [0.2, 0.25) is 0 Å². The average molecular weight is 374 g/mol. The van der Waals surface area contributed by atoms with Gasteiger partial charge in [-0.15, -0.1) is 0 Å². The lowest BCUT2D eigenvalue weighted by molar-refractivity contribution is 0.0991. The van der Waals surface area contributed by atoms with E-state index < -0.39 is 0 Å². The van der Waals surface area contributed by atoms with Crippen molar-refractivity contribution in [3.8, 4) is 5.75 Å². The van der Waals surface area contributed by atoms with Gasteiger partial charge in [0, 0.05) is 6.42 Å². The van der Waals surface area contributed by atoms with E-state index in [1.807, 2.05) is 18.2 Å². The minimum absolute atomic E-state index is 0.00712. The van der Waals surface area contributed by atoms with Crippen LogP contribution in [-0.2, 0) is 6.42 Å². The van der Waals surface area contributed by atoms with Crippen LogP contribution in [0.15, 0.2) is 44.1 Å². The number of furan rings is 1. The number of methoxy groups -OCH3 is 1. The molecule has 0 fully saturated rings. The Kier molecular flexibility index (Phi) is 4.24. The maximum Gasteiger partial charge on any atom is 0.179 e. The van der Waals surface area contributed by atoms with Crippen LogP contribution in [0.25, 0.3) is 0 Å². The SMILES string of the molecule is COc1ccc(CC(=O)c2ccoc2Br)cc1Br. The molecule has 0 N–H and O–H groups in total. The summed E-state index contributed by atoms with van der Waals surface area (Å²) in [5.74, 6) is 0.753. The van der Waals surface area contributed by atoms with Gasteiger partial charge >= 0.3 is 0 Å². The fraction of sp³-hybridized carbons (Fsp3) is 0.154. The lowest BCUT2D eigenvalue weighted by Crippen LogP contribution is -2.03. The highest BCUT2D eigenvalue weighted by Gasteiger charge is 2.13. The first-order valence-electron chi connectivity index (χ1n) is 5.20. The van der Waals surface area contributed by atoms with E-state index in [0.717, 1.165) is 15.8 Å². The van der Waals surface area contributed by atoms with Gasteiger partial charge in [-0.25, -0.2) is 0 Å². The van der Waals surface area contributed by atoms with Crippen molar-refractivity contribution in [3.63, 3.8) is 0 Å². The van der Waals surface area contributed by atoms with Crippen LogP contribution in [0.4, 0.5) is 0 Å². The summed E-state index contributed by atoms with van der Waals surface area (Å²) < 4.78 is 11.5. The zero-order valence-electron chi connectivity index (χ0n) is 9.57. The van der Waals surface area contributed by atoms with Crippen molar-refractivity contribution in [1.82, 2.24) is 0 Å². The highest BCUT2D eigenvalue weighted by molar-refractivity contribution is 9.10. The van der Waals surface area contributed by atoms with Crippen LogP contribution in [0.5, 0.6) is 5.75 Å². The minimum Gasteiger partial charge on any atom is -0.496 e. The highest BCUT2D eigenvalue weighted by atomic mass is 79.9. The van der Waals surface area contributed by atoms with Crippen molar-refractivity contribution >= 4 is 37.6 Å². The molecule has 0 spiro atoms. The van der Waals surface area contributed by atoms with E-state index in [1.54, 1.807) is 13.2 Å². The van der Waals surface area contributed by atoms with Crippen LogP contribution >= 0.6 is 31.9 Å². The van der Waals surface area contributed by atoms with Crippen LogP contribution in [-0.4, -0.2) is 12.9 Å². The largest absolute Gasteiger partial charge is 0.496 e. The molecule has 0 aliphatic heterocycles. The second-order valence-electron chi connectivity index (χ2n) is 3.68. The van der Waals surface area contributed by atoms with E-state index in [0.29, 0.717) is 16.7 Å². The Bertz CT molecular complexity index is 575. The molecule has 2 aromatic rings. The Morgan fingerprint density at radius 3 is 2.67 bits per heavy atom. The van der Waals surface area contributed by atoms with E-state index in [2.05, 4.69) is 31.9 Å². The predicted molar refractivity (Wildman–Crippen MR) is 75.1 cm³/mol. The van der Waals surface area contributed by atoms with Gasteiger partial charge in [-0.05, 0) is 55.6 Å². The Balaban J connectivity index is 2.17. The lowest BCUT2D eigenvalue weighted by Gasteiger charge is -2.05. The van der Waals surface area contributed by atoms with Gasteiger partial charge in [0.2, 0.25) is 0 Å². The number of halogens is 2. The van der Waals surface area contributed by atoms with Crippen molar-refractivity contribution in [2.24, 2.45) is 0 Å². The maximum absolute atomic E-state index is 12.0. The third-order valence-electron chi connectivity index (χ3n) is 2.50. The quantitative estimate of drug-likeness (QED) is 0.752. The fourth-order valence-corrected chi connectivity index (χ4v) is 2.64. The van der Waals surface area contributed by atoms with E-state index in [9.17, 15) is 4.79 Å². The van der Waals surface area contributed by atoms with Gasteiger partial charge in [0.25, 0.3) is 0 Å². The smallest absolute Gasteiger partial charge is 0.179 e. The summed E-state index contributed by atoms with van der Waals surface area (Å²) in [6.07, 6.45) is 1.81. The molecule has 0 unspecified atom stereocenters. The first-order valence-corrected chi connectivity index (χ1v) is 6.79. The zero-order chi connectivity index (χ0) is 13.1. The standard InChI is InChI=1S/C13H10Br2O3/c1-17-12-3-2-8(6-10(12)14)7-11(16)9-4-5-18-13(9)15/h2-6H,7H2,1H3. The Morgan fingerprint density at radius 2 is 2.11 bits per heavy atom. The molecule has 5 heteroatoms. The average Bonchev–Trinajstić information content (AvgIpc) is 2.76. The molecule has 0 saturated heterocycles. The van der Waals surface area contributed by atoms with Crippen LogP contribution in [0.1, 0.15) is 15.9 Å². The number of ketones is 1. The van der Waals surface area contributed by atoms with Gasteiger partial charge in [0.05, 0.1) is 23.4 Å². The second kappa shape index (κ2) is 5.71. The first kappa shape index (κ1) is 13.4. The summed E-state index contributed by atoms with van der Waals surface area (Å²) in [5, 5.41) is 0. The van der Waals surface area contributed by atoms with Crippen molar-refractivity contribution < 1.29 is 13.9 Å². The molecular weight excluding hydrogens is 364 g/mol. The molecule has 3 nitrogen and oxygen atoms in total. The van der Waals surface area contributed by atoms with Crippen LogP contribution < -0.4 is 4.74 Å². The molecule has 0 amide bonds. The molecule has 1 aromatic heterocycles. The Hall–Kier alpha value is -1.07. The minimum atomic E-state index is 0.00712. The summed E-state index contributed by atoms with van der Waals surface area (Å²) in [4.78, 5) is 12.0. The third kappa shape index (κ3) is 2.84. The molecule has 0 aliphatic rings. The number of carbonyl (C=O) groups is 1. The second-order valence-corrected chi connectivity index (χ2v) is 5.25. The van der Waals surface area contributed by atoms with E-state index in [4.69, 9.17) is 9.15 Å². The highest BCUT2D eigenvalue weighted by Crippen LogP contribution is 2.26. The maximum atomic E-state index is 12.0. The molecule has 0 aliphatic carbocycles. The molecule has 0 bridgehead atoms. The number of carbonyl (C=O) groups excluding carboxylic acids is 1. The van der Waals surface area contributed by atoms with Crippen molar-refractivity contribution in [2.45, 2.75) is 6.42 Å². The molecule has 18 heavy (non-hydrogen) atoms. The fourth-order valence-electron chi connectivity index (χ4n) is 1.59. The molecule has 94 valence electrons. The molecule has 1 aromatic carbocycles. The monoisotopic (exact) mass is 372 g/mol. The normalized spacial score (nSPS) is 10.4. The number of Topliss-reactive ketones (excluding diaryl/α,β-unsaturated/α-hetero) is 1. The van der Waals surface area contributed by atoms with Gasteiger partial charge in [0.1, 0.15) is 5.75 Å². The predicted octanol–water partition coefficient (Wildman–Crippen LogP) is 4.24. The third-order valence-corrected chi connectivity index (χ3v) is 3.73. The molecule has 0 radical (unpaired) electrons. The van der Waals surface area contributed by atoms with Gasteiger partial charge in [-0.3, -0.25) is 4.79 Å². The summed E-state index contributed by atoms with van der Waals surface area (Å²) >= 11 is 6.60. The summed E-state index contributed by atoms with van der Waals surface area (Å²) in [7, 11) is 1.60. The van der Waals surface area contributed by atoms with E-state index in [-0.39, 0.29) is 5.78 Å². The van der Waals surface area contributed by atoms with E-state index >= 15 is 0 Å². The Morgan fingerprint density at radius 1 is 1.33 bits per heavy atom. The van der Waals surface area contributed by atoms with Crippen molar-refractivity contribution in [3.05, 3.63) is 50.8 Å². The number of hydrogen-bond acceptors (Lipinski definition) is 3. The number of benzene rings is 1. The first-order chi connectivity index (χ1) is 8.61. The number of hydrogen-bond donors (Lipinski definition) is 0. The topological polar surface area (TPSA) is 39.4 Å². The van der Waals surface area contributed by atoms with Crippen molar-refractivity contribution in [2.75, 3.05) is 7.11 Å². The number of ether oxygens (including phenoxy) is 1. The molecular formula is C13H10Br2O3. The van der Waals surface area contributed by atoms with Crippen LogP contribution in [0, 0.1) is 0 Å². The molecule has 0 atom stereocenters. The summed E-state index contributed by atoms with van der Waals surface area (Å²) in [5.41, 5.74) is 1.47. The lowest BCUT2D eigenvalue weighted by atomic mass is 10.1. The molecule has 2 rings (SSSR count). The van der Waals surface area contributed by atoms with Gasteiger partial charge in [-0.2, -0.15) is 0 Å². The number of rotatable bonds is 4. The van der Waals surface area contributed by atoms with Gasteiger partial charge < -0.3 is 9.15 Å². The van der Waals surface area contributed by atoms with Crippen molar-refractivity contribution in [1.29, 1.82) is 0 Å². The molecule has 0 saturated carbocycles. The van der Waals surface area contributed by atoms with Gasteiger partial charge in [0.15, 0.2) is 10.5 Å². The molecule has 1 heterocycles. The zero-order valence-corrected chi connectivity index (χ0v) is 12.7. The summed E-state index contributed by atoms with van der Waals surface area (Å²) in [6, 6.07) is 7.24. The van der Waals surface area contributed by atoms with E-state index in [1.165, 1.54) is 6.26 Å².